The Bertz CT molecular complexity index is 624. The van der Waals surface area contributed by atoms with E-state index in [1.54, 1.807) is 19.2 Å². The van der Waals surface area contributed by atoms with Gasteiger partial charge in [-0.2, -0.15) is 0 Å². The Labute approximate surface area is 129 Å². The molecule has 1 fully saturated rings. The Morgan fingerprint density at radius 3 is 2.45 bits per heavy atom. The van der Waals surface area contributed by atoms with Crippen molar-refractivity contribution in [2.24, 2.45) is 0 Å². The lowest BCUT2D eigenvalue weighted by atomic mass is 9.80. The van der Waals surface area contributed by atoms with Crippen molar-refractivity contribution in [1.82, 2.24) is 4.90 Å². The molecule has 6 heteroatoms. The van der Waals surface area contributed by atoms with E-state index in [0.717, 1.165) is 5.56 Å². The lowest BCUT2D eigenvalue weighted by molar-refractivity contribution is -0.145. The summed E-state index contributed by atoms with van der Waals surface area (Å²) in [6, 6.07) is 7.17. The number of carbonyl (C=O) groups excluding carboxylic acids is 2. The molecule has 6 nitrogen and oxygen atoms in total. The largest absolute Gasteiger partial charge is 0.481 e. The van der Waals surface area contributed by atoms with Gasteiger partial charge in [0.1, 0.15) is 0 Å². The molecule has 0 unspecified atom stereocenters. The first-order chi connectivity index (χ1) is 10.2. The maximum absolute atomic E-state index is 12.3. The molecule has 1 aliphatic rings. The van der Waals surface area contributed by atoms with Crippen LogP contribution >= 0.6 is 0 Å². The summed E-state index contributed by atoms with van der Waals surface area (Å²) in [6.07, 6.45) is -0.0557. The number of hydrogen-bond acceptors (Lipinski definition) is 3. The maximum atomic E-state index is 12.3. The molecular formula is C16H20N2O4. The molecule has 0 bridgehead atoms. The molecule has 22 heavy (non-hydrogen) atoms. The predicted molar refractivity (Wildman–Crippen MR) is 81.7 cm³/mol. The summed E-state index contributed by atoms with van der Waals surface area (Å²) in [5, 5.41) is 9.10. The van der Waals surface area contributed by atoms with E-state index in [1.807, 2.05) is 26.0 Å². The molecule has 1 aliphatic heterocycles. The standard InChI is InChI=1S/C16H20N2O4/c1-16(2,10-13(19)20)11-6-4-5-7-12(11)18-9-8-17(3)14(21)15(18)22/h4-7H,8-10H2,1-3H3,(H,19,20). The SMILES string of the molecule is CN1CCN(c2ccccc2C(C)(C)CC(=O)O)C(=O)C1=O. The molecule has 1 N–H and O–H groups in total. The molecule has 118 valence electrons. The van der Waals surface area contributed by atoms with Crippen LogP contribution in [0.15, 0.2) is 24.3 Å². The third-order valence-electron chi connectivity index (χ3n) is 3.95. The summed E-state index contributed by atoms with van der Waals surface area (Å²) in [6.45, 7) is 4.50. The number of benzene rings is 1. The van der Waals surface area contributed by atoms with Gasteiger partial charge >= 0.3 is 17.8 Å². The fourth-order valence-corrected chi connectivity index (χ4v) is 2.72. The van der Waals surface area contributed by atoms with E-state index >= 15 is 0 Å². The Kier molecular flexibility index (Phi) is 4.21. The summed E-state index contributed by atoms with van der Waals surface area (Å²) in [5.41, 5.74) is 0.720. The molecular weight excluding hydrogens is 284 g/mol. The molecule has 2 amide bonds. The minimum atomic E-state index is -0.902. The topological polar surface area (TPSA) is 77.9 Å². The summed E-state index contributed by atoms with van der Waals surface area (Å²) in [4.78, 5) is 38.1. The number of nitrogens with zero attached hydrogens (tertiary/aromatic N) is 2. The third kappa shape index (κ3) is 2.95. The number of likely N-dealkylation sites (N-methyl/N-ethyl adjacent to an activating group) is 1. The van der Waals surface area contributed by atoms with Gasteiger partial charge in [-0.3, -0.25) is 14.4 Å². The lowest BCUT2D eigenvalue weighted by Crippen LogP contribution is -2.53. The van der Waals surface area contributed by atoms with Gasteiger partial charge in [-0.1, -0.05) is 32.0 Å². The summed E-state index contributed by atoms with van der Waals surface area (Å²) >= 11 is 0. The summed E-state index contributed by atoms with van der Waals surface area (Å²) < 4.78 is 0. The van der Waals surface area contributed by atoms with Gasteiger partial charge < -0.3 is 14.9 Å². The zero-order valence-corrected chi connectivity index (χ0v) is 13.0. The predicted octanol–water partition coefficient (Wildman–Crippen LogP) is 1.24. The second kappa shape index (κ2) is 5.79. The number of anilines is 1. The van der Waals surface area contributed by atoms with Gasteiger partial charge in [0, 0.05) is 31.2 Å². The Morgan fingerprint density at radius 1 is 1.18 bits per heavy atom. The minimum absolute atomic E-state index is 0.0557. The van der Waals surface area contributed by atoms with E-state index in [2.05, 4.69) is 0 Å². The summed E-state index contributed by atoms with van der Waals surface area (Å²) in [7, 11) is 1.60. The fraction of sp³-hybridized carbons (Fsp3) is 0.438. The van der Waals surface area contributed by atoms with Crippen LogP contribution in [0.2, 0.25) is 0 Å². The first-order valence-corrected chi connectivity index (χ1v) is 7.12. The normalized spacial score (nSPS) is 16.1. The van der Waals surface area contributed by atoms with Gasteiger partial charge in [-0.25, -0.2) is 0 Å². The van der Waals surface area contributed by atoms with E-state index in [-0.39, 0.29) is 6.42 Å². The zero-order chi connectivity index (χ0) is 16.5. The van der Waals surface area contributed by atoms with Crippen LogP contribution in [0.3, 0.4) is 0 Å². The number of carboxylic acids is 1. The van der Waals surface area contributed by atoms with E-state index in [4.69, 9.17) is 5.11 Å². The van der Waals surface area contributed by atoms with Gasteiger partial charge in [0.2, 0.25) is 0 Å². The van der Waals surface area contributed by atoms with Gasteiger partial charge in [0.15, 0.2) is 0 Å². The number of rotatable bonds is 4. The Hall–Kier alpha value is -2.37. The van der Waals surface area contributed by atoms with Crippen LogP contribution in [0, 0.1) is 0 Å². The number of aliphatic carboxylic acids is 1. The highest BCUT2D eigenvalue weighted by atomic mass is 16.4. The first-order valence-electron chi connectivity index (χ1n) is 7.12. The van der Waals surface area contributed by atoms with Gasteiger partial charge in [-0.05, 0) is 11.6 Å². The van der Waals surface area contributed by atoms with Crippen molar-refractivity contribution < 1.29 is 19.5 Å². The molecule has 1 heterocycles. The quantitative estimate of drug-likeness (QED) is 0.849. The van der Waals surface area contributed by atoms with Crippen LogP contribution in [0.5, 0.6) is 0 Å². The number of para-hydroxylation sites is 1. The van der Waals surface area contributed by atoms with E-state index < -0.39 is 23.2 Å². The molecule has 1 aromatic carbocycles. The number of amides is 2. The van der Waals surface area contributed by atoms with Crippen LogP contribution in [-0.2, 0) is 19.8 Å². The Balaban J connectivity index is 2.43. The van der Waals surface area contributed by atoms with Crippen molar-refractivity contribution in [2.75, 3.05) is 25.0 Å². The molecule has 0 aliphatic carbocycles. The fourth-order valence-electron chi connectivity index (χ4n) is 2.72. The molecule has 0 spiro atoms. The van der Waals surface area contributed by atoms with Crippen molar-refractivity contribution in [1.29, 1.82) is 0 Å². The second-order valence-corrected chi connectivity index (χ2v) is 6.16. The first kappa shape index (κ1) is 16.0. The maximum Gasteiger partial charge on any atom is 0.316 e. The number of piperazine rings is 1. The van der Waals surface area contributed by atoms with Crippen LogP contribution in [0.4, 0.5) is 5.69 Å². The van der Waals surface area contributed by atoms with Crippen LogP contribution in [0.25, 0.3) is 0 Å². The van der Waals surface area contributed by atoms with Crippen LogP contribution < -0.4 is 4.90 Å². The van der Waals surface area contributed by atoms with E-state index in [0.29, 0.717) is 18.8 Å². The smallest absolute Gasteiger partial charge is 0.316 e. The van der Waals surface area contributed by atoms with Crippen molar-refractivity contribution in [3.63, 3.8) is 0 Å². The highest BCUT2D eigenvalue weighted by Crippen LogP contribution is 2.35. The van der Waals surface area contributed by atoms with Crippen molar-refractivity contribution in [3.8, 4) is 0 Å². The zero-order valence-electron chi connectivity index (χ0n) is 13.0. The monoisotopic (exact) mass is 304 g/mol. The van der Waals surface area contributed by atoms with Crippen molar-refractivity contribution in [2.45, 2.75) is 25.7 Å². The molecule has 1 saturated heterocycles. The average molecular weight is 304 g/mol. The second-order valence-electron chi connectivity index (χ2n) is 6.16. The van der Waals surface area contributed by atoms with Crippen LogP contribution in [0.1, 0.15) is 25.8 Å². The molecule has 0 atom stereocenters. The van der Waals surface area contributed by atoms with Crippen LogP contribution in [-0.4, -0.2) is 47.9 Å². The highest BCUT2D eigenvalue weighted by molar-refractivity contribution is 6.41. The van der Waals surface area contributed by atoms with Crippen molar-refractivity contribution in [3.05, 3.63) is 29.8 Å². The Morgan fingerprint density at radius 2 is 1.82 bits per heavy atom. The molecule has 0 saturated carbocycles. The number of carbonyl (C=O) groups is 3. The van der Waals surface area contributed by atoms with Gasteiger partial charge in [0.25, 0.3) is 0 Å². The van der Waals surface area contributed by atoms with Gasteiger partial charge in [0.05, 0.1) is 6.42 Å². The number of carboxylic acid groups (broad SMARTS) is 1. The molecule has 1 aromatic rings. The average Bonchev–Trinajstić information content (AvgIpc) is 2.44. The third-order valence-corrected chi connectivity index (χ3v) is 3.95. The van der Waals surface area contributed by atoms with E-state index in [9.17, 15) is 14.4 Å². The molecule has 0 radical (unpaired) electrons. The lowest BCUT2D eigenvalue weighted by Gasteiger charge is -2.35. The highest BCUT2D eigenvalue weighted by Gasteiger charge is 2.35. The summed E-state index contributed by atoms with van der Waals surface area (Å²) in [5.74, 6) is -2.02. The van der Waals surface area contributed by atoms with E-state index in [1.165, 1.54) is 9.80 Å². The number of hydrogen-bond donors (Lipinski definition) is 1. The van der Waals surface area contributed by atoms with Gasteiger partial charge in [-0.15, -0.1) is 0 Å². The minimum Gasteiger partial charge on any atom is -0.481 e. The molecule has 0 aromatic heterocycles. The molecule has 2 rings (SSSR count). The van der Waals surface area contributed by atoms with Crippen molar-refractivity contribution >= 4 is 23.5 Å².